The number of carbonyl (C=O) groups is 1. The van der Waals surface area contributed by atoms with Crippen molar-refractivity contribution >= 4 is 30.7 Å². The maximum atomic E-state index is 12.6. The smallest absolute Gasteiger partial charge is 0.223 e. The molecule has 1 unspecified atom stereocenters. The number of nitrogens with one attached hydrogen (secondary N) is 1. The van der Waals surface area contributed by atoms with Crippen molar-refractivity contribution in [3.63, 3.8) is 0 Å². The monoisotopic (exact) mass is 387 g/mol. The van der Waals surface area contributed by atoms with Gasteiger partial charge in [0.05, 0.1) is 6.04 Å². The number of nitrogens with zero attached hydrogens (tertiary/aromatic N) is 1. The third kappa shape index (κ3) is 5.58. The van der Waals surface area contributed by atoms with E-state index in [9.17, 15) is 4.79 Å². The van der Waals surface area contributed by atoms with Gasteiger partial charge >= 0.3 is 0 Å². The van der Waals surface area contributed by atoms with Crippen molar-refractivity contribution in [1.29, 1.82) is 0 Å². The molecule has 2 fully saturated rings. The van der Waals surface area contributed by atoms with E-state index < -0.39 is 0 Å². The van der Waals surface area contributed by atoms with E-state index in [-0.39, 0.29) is 36.6 Å². The molecule has 0 radical (unpaired) electrons. The first kappa shape index (κ1) is 22.2. The zero-order valence-corrected chi connectivity index (χ0v) is 16.4. The summed E-state index contributed by atoms with van der Waals surface area (Å²) in [5.41, 5.74) is 7.12. The molecular weight excluding hydrogens is 357 g/mol. The highest BCUT2D eigenvalue weighted by atomic mass is 35.5. The topological polar surface area (TPSA) is 58.4 Å². The predicted octanol–water partition coefficient (Wildman–Crippen LogP) is 3.16. The number of halogens is 2. The minimum atomic E-state index is 0. The third-order valence-corrected chi connectivity index (χ3v) is 5.53. The first-order valence-electron chi connectivity index (χ1n) is 9.06. The van der Waals surface area contributed by atoms with Crippen LogP contribution in [0.5, 0.6) is 0 Å². The molecular formula is C19H31Cl2N3O. The molecule has 1 aromatic rings. The maximum Gasteiger partial charge on any atom is 0.223 e. The number of hydrogen-bond acceptors (Lipinski definition) is 3. The van der Waals surface area contributed by atoms with Crippen LogP contribution in [-0.2, 0) is 4.79 Å². The van der Waals surface area contributed by atoms with Gasteiger partial charge in [-0.15, -0.1) is 24.8 Å². The van der Waals surface area contributed by atoms with Gasteiger partial charge in [0.2, 0.25) is 5.91 Å². The molecule has 1 saturated carbocycles. The largest absolute Gasteiger partial charge is 0.354 e. The number of likely N-dealkylation sites (tertiary alicyclic amines) is 1. The second-order valence-corrected chi connectivity index (χ2v) is 6.95. The number of amides is 1. The van der Waals surface area contributed by atoms with E-state index in [0.29, 0.717) is 25.0 Å². The number of carbonyl (C=O) groups excluding carboxylic acids is 1. The van der Waals surface area contributed by atoms with Crippen LogP contribution in [0.3, 0.4) is 0 Å². The van der Waals surface area contributed by atoms with Crippen molar-refractivity contribution < 1.29 is 4.79 Å². The summed E-state index contributed by atoms with van der Waals surface area (Å²) in [6.07, 6.45) is 5.74. The Morgan fingerprint density at radius 3 is 2.44 bits per heavy atom. The molecule has 1 aromatic carbocycles. The molecule has 0 spiro atoms. The molecule has 1 aliphatic heterocycles. The highest BCUT2D eigenvalue weighted by Gasteiger charge is 2.32. The number of hydrogen-bond donors (Lipinski definition) is 2. The summed E-state index contributed by atoms with van der Waals surface area (Å²) in [5, 5.41) is 3.23. The van der Waals surface area contributed by atoms with Crippen molar-refractivity contribution in [3.8, 4) is 0 Å². The number of rotatable bonds is 6. The second-order valence-electron chi connectivity index (χ2n) is 6.95. The van der Waals surface area contributed by atoms with Crippen molar-refractivity contribution in [2.24, 2.45) is 17.6 Å². The Balaban J connectivity index is 0.00000156. The molecule has 4 nitrogen and oxygen atoms in total. The fourth-order valence-corrected chi connectivity index (χ4v) is 4.18. The summed E-state index contributed by atoms with van der Waals surface area (Å²) >= 11 is 0. The average Bonchev–Trinajstić information content (AvgIpc) is 3.27. The molecule has 142 valence electrons. The van der Waals surface area contributed by atoms with Crippen LogP contribution in [-0.4, -0.2) is 37.0 Å². The molecule has 3 N–H and O–H groups in total. The SMILES string of the molecule is Cl.Cl.NC[C@H]1CCC[C@H]1C(=O)NCC(c1ccccc1)N1CCCC1. The van der Waals surface area contributed by atoms with Gasteiger partial charge in [-0.25, -0.2) is 0 Å². The third-order valence-electron chi connectivity index (χ3n) is 5.53. The molecule has 0 aromatic heterocycles. The normalized spacial score (nSPS) is 24.2. The van der Waals surface area contributed by atoms with Crippen LogP contribution in [0, 0.1) is 11.8 Å². The lowest BCUT2D eigenvalue weighted by atomic mass is 9.95. The van der Waals surface area contributed by atoms with E-state index in [1.54, 1.807) is 0 Å². The summed E-state index contributed by atoms with van der Waals surface area (Å²) in [4.78, 5) is 15.1. The first-order valence-corrected chi connectivity index (χ1v) is 9.06. The number of nitrogens with two attached hydrogens (primary N) is 1. The van der Waals surface area contributed by atoms with E-state index in [1.807, 2.05) is 6.07 Å². The molecule has 1 aliphatic carbocycles. The standard InChI is InChI=1S/C19H29N3O.2ClH/c20-13-16-9-6-10-17(16)19(23)21-14-18(22-11-4-5-12-22)15-7-2-1-3-8-15;;/h1-3,7-8,16-18H,4-6,9-14,20H2,(H,21,23);2*1H/t16-,17-,18?;;/m1../s1. The highest BCUT2D eigenvalue weighted by Crippen LogP contribution is 2.31. The van der Waals surface area contributed by atoms with Gasteiger partial charge in [-0.1, -0.05) is 36.8 Å². The van der Waals surface area contributed by atoms with E-state index in [4.69, 9.17) is 5.73 Å². The molecule has 3 rings (SSSR count). The molecule has 3 atom stereocenters. The van der Waals surface area contributed by atoms with Crippen LogP contribution in [0.1, 0.15) is 43.7 Å². The molecule has 6 heteroatoms. The average molecular weight is 388 g/mol. The Labute approximate surface area is 163 Å². The number of benzene rings is 1. The van der Waals surface area contributed by atoms with Gasteiger partial charge < -0.3 is 11.1 Å². The van der Waals surface area contributed by atoms with Crippen LogP contribution in [0.4, 0.5) is 0 Å². The van der Waals surface area contributed by atoms with Crippen molar-refractivity contribution in [2.45, 2.75) is 38.1 Å². The van der Waals surface area contributed by atoms with E-state index in [0.717, 1.165) is 32.4 Å². The van der Waals surface area contributed by atoms with Crippen molar-refractivity contribution in [1.82, 2.24) is 10.2 Å². The Kier molecular flexibility index (Phi) is 9.80. The lowest BCUT2D eigenvalue weighted by Gasteiger charge is -2.29. The van der Waals surface area contributed by atoms with E-state index >= 15 is 0 Å². The molecule has 2 aliphatic rings. The van der Waals surface area contributed by atoms with Crippen LogP contribution in [0.2, 0.25) is 0 Å². The quantitative estimate of drug-likeness (QED) is 0.787. The lowest BCUT2D eigenvalue weighted by Crippen LogP contribution is -2.40. The first-order chi connectivity index (χ1) is 11.3. The van der Waals surface area contributed by atoms with Gasteiger partial charge in [0.1, 0.15) is 0 Å². The summed E-state index contributed by atoms with van der Waals surface area (Å²) in [5.74, 6) is 0.699. The second kappa shape index (κ2) is 11.0. The fraction of sp³-hybridized carbons (Fsp3) is 0.632. The summed E-state index contributed by atoms with van der Waals surface area (Å²) in [6.45, 7) is 3.59. The predicted molar refractivity (Wildman–Crippen MR) is 107 cm³/mol. The maximum absolute atomic E-state index is 12.6. The zero-order chi connectivity index (χ0) is 16.1. The fourth-order valence-electron chi connectivity index (χ4n) is 4.18. The Morgan fingerprint density at radius 2 is 1.80 bits per heavy atom. The van der Waals surface area contributed by atoms with Crippen LogP contribution in [0.15, 0.2) is 30.3 Å². The van der Waals surface area contributed by atoms with Gasteiger partial charge in [0.15, 0.2) is 0 Å². The zero-order valence-electron chi connectivity index (χ0n) is 14.7. The summed E-state index contributed by atoms with van der Waals surface area (Å²) in [6, 6.07) is 10.9. The molecule has 1 amide bonds. The van der Waals surface area contributed by atoms with Gasteiger partial charge in [-0.2, -0.15) is 0 Å². The van der Waals surface area contributed by atoms with E-state index in [1.165, 1.54) is 18.4 Å². The van der Waals surface area contributed by atoms with E-state index in [2.05, 4.69) is 34.5 Å². The van der Waals surface area contributed by atoms with Crippen molar-refractivity contribution in [2.75, 3.05) is 26.2 Å². The van der Waals surface area contributed by atoms with Gasteiger partial charge in [0, 0.05) is 12.5 Å². The van der Waals surface area contributed by atoms with Gasteiger partial charge in [-0.3, -0.25) is 9.69 Å². The van der Waals surface area contributed by atoms with Crippen molar-refractivity contribution in [3.05, 3.63) is 35.9 Å². The molecule has 0 bridgehead atoms. The van der Waals surface area contributed by atoms with Gasteiger partial charge in [0.25, 0.3) is 0 Å². The lowest BCUT2D eigenvalue weighted by molar-refractivity contribution is -0.126. The van der Waals surface area contributed by atoms with Gasteiger partial charge in [-0.05, 0) is 56.8 Å². The Hall–Kier alpha value is -0.810. The summed E-state index contributed by atoms with van der Waals surface area (Å²) < 4.78 is 0. The van der Waals surface area contributed by atoms with Crippen LogP contribution < -0.4 is 11.1 Å². The Morgan fingerprint density at radius 1 is 1.12 bits per heavy atom. The van der Waals surface area contributed by atoms with Crippen LogP contribution in [0.25, 0.3) is 0 Å². The molecule has 25 heavy (non-hydrogen) atoms. The highest BCUT2D eigenvalue weighted by molar-refractivity contribution is 5.85. The Bertz CT molecular complexity index is 509. The minimum absolute atomic E-state index is 0. The minimum Gasteiger partial charge on any atom is -0.354 e. The molecule has 1 saturated heterocycles. The summed E-state index contributed by atoms with van der Waals surface area (Å²) in [7, 11) is 0. The molecule has 1 heterocycles. The van der Waals surface area contributed by atoms with Crippen LogP contribution >= 0.6 is 24.8 Å².